The summed E-state index contributed by atoms with van der Waals surface area (Å²) >= 11 is 0. The van der Waals surface area contributed by atoms with Crippen molar-refractivity contribution in [3.8, 4) is 0 Å². The van der Waals surface area contributed by atoms with Gasteiger partial charge in [-0.15, -0.1) is 0 Å². The number of piperazine rings is 1. The van der Waals surface area contributed by atoms with Crippen LogP contribution in [0.4, 0.5) is 0 Å². The lowest BCUT2D eigenvalue weighted by molar-refractivity contribution is 0.174. The number of para-hydroxylation sites is 1. The van der Waals surface area contributed by atoms with Crippen LogP contribution in [0.25, 0.3) is 10.9 Å². The van der Waals surface area contributed by atoms with Crippen molar-refractivity contribution in [2.75, 3.05) is 26.7 Å². The van der Waals surface area contributed by atoms with Crippen LogP contribution in [-0.2, 0) is 0 Å². The molecule has 1 saturated heterocycles. The predicted octanol–water partition coefficient (Wildman–Crippen LogP) is 1.38. The quantitative estimate of drug-likeness (QED) is 0.763. The minimum absolute atomic E-state index is 0.0361. The molecular weight excluding hydrogens is 236 g/mol. The first kappa shape index (κ1) is 12.7. The number of fused-ring (bicyclic) bond motifs is 1. The Kier molecular flexibility index (Phi) is 3.31. The average molecular weight is 258 g/mol. The van der Waals surface area contributed by atoms with Crippen LogP contribution >= 0.6 is 0 Å². The lowest BCUT2D eigenvalue weighted by Crippen LogP contribution is -2.53. The van der Waals surface area contributed by atoms with Crippen molar-refractivity contribution in [1.82, 2.24) is 15.2 Å². The van der Waals surface area contributed by atoms with Crippen LogP contribution in [0.3, 0.4) is 0 Å². The van der Waals surface area contributed by atoms with E-state index in [2.05, 4.69) is 53.4 Å². The fourth-order valence-corrected chi connectivity index (χ4v) is 3.15. The Bertz CT molecular complexity index is 575. The summed E-state index contributed by atoms with van der Waals surface area (Å²) in [5.74, 6) is 0. The van der Waals surface area contributed by atoms with Gasteiger partial charge < -0.3 is 16.0 Å². The Morgan fingerprint density at radius 2 is 2.16 bits per heavy atom. The molecule has 0 aliphatic carbocycles. The van der Waals surface area contributed by atoms with E-state index in [1.165, 1.54) is 22.2 Å². The van der Waals surface area contributed by atoms with Crippen molar-refractivity contribution in [2.45, 2.75) is 19.0 Å². The summed E-state index contributed by atoms with van der Waals surface area (Å²) in [7, 11) is 2.16. The molecule has 0 spiro atoms. The molecule has 2 atom stereocenters. The minimum atomic E-state index is 0.0361. The second kappa shape index (κ2) is 4.96. The number of nitrogens with one attached hydrogen (secondary N) is 2. The largest absolute Gasteiger partial charge is 0.358 e. The highest BCUT2D eigenvalue weighted by atomic mass is 15.2. The van der Waals surface area contributed by atoms with E-state index in [0.29, 0.717) is 6.04 Å². The van der Waals surface area contributed by atoms with Gasteiger partial charge in [-0.25, -0.2) is 0 Å². The number of nitrogens with zero attached hydrogens (tertiary/aromatic N) is 1. The maximum Gasteiger partial charge on any atom is 0.0489 e. The van der Waals surface area contributed by atoms with E-state index in [9.17, 15) is 0 Å². The number of hydrogen-bond acceptors (Lipinski definition) is 3. The molecule has 4 heteroatoms. The molecule has 0 bridgehead atoms. The zero-order valence-electron chi connectivity index (χ0n) is 11.6. The fraction of sp³-hybridized carbons (Fsp3) is 0.467. The minimum Gasteiger partial charge on any atom is -0.358 e. The number of hydrogen-bond donors (Lipinski definition) is 3. The Morgan fingerprint density at radius 3 is 2.95 bits per heavy atom. The van der Waals surface area contributed by atoms with Gasteiger partial charge in [-0.3, -0.25) is 4.90 Å². The number of rotatable bonds is 2. The standard InChI is InChI=1S/C15H22N4/c1-10-14(11-5-3-4-6-12(11)18-10)15(16)13-9-17-7-8-19(13)2/h3-6,13,15,17-18H,7-9,16H2,1-2H3. The first-order valence-corrected chi connectivity index (χ1v) is 6.92. The van der Waals surface area contributed by atoms with E-state index >= 15 is 0 Å². The van der Waals surface area contributed by atoms with E-state index in [-0.39, 0.29) is 6.04 Å². The maximum absolute atomic E-state index is 6.57. The van der Waals surface area contributed by atoms with Gasteiger partial charge in [0, 0.05) is 48.3 Å². The second-order valence-corrected chi connectivity index (χ2v) is 5.49. The number of aromatic amines is 1. The Balaban J connectivity index is 2.01. The van der Waals surface area contributed by atoms with Crippen LogP contribution < -0.4 is 11.1 Å². The number of H-pyrrole nitrogens is 1. The summed E-state index contributed by atoms with van der Waals surface area (Å²) in [6.07, 6.45) is 0. The Hall–Kier alpha value is -1.36. The molecule has 2 heterocycles. The molecule has 0 radical (unpaired) electrons. The van der Waals surface area contributed by atoms with E-state index in [4.69, 9.17) is 5.73 Å². The summed E-state index contributed by atoms with van der Waals surface area (Å²) < 4.78 is 0. The van der Waals surface area contributed by atoms with Crippen molar-refractivity contribution >= 4 is 10.9 Å². The molecule has 1 aromatic heterocycles. The van der Waals surface area contributed by atoms with Gasteiger partial charge in [-0.1, -0.05) is 18.2 Å². The van der Waals surface area contributed by atoms with Gasteiger partial charge in [0.05, 0.1) is 0 Å². The van der Waals surface area contributed by atoms with E-state index in [1.807, 2.05) is 0 Å². The van der Waals surface area contributed by atoms with Crippen LogP contribution in [0.1, 0.15) is 17.3 Å². The summed E-state index contributed by atoms with van der Waals surface area (Å²) in [6.45, 7) is 5.18. The number of benzene rings is 1. The van der Waals surface area contributed by atoms with Gasteiger partial charge in [-0.05, 0) is 25.6 Å². The molecule has 2 unspecified atom stereocenters. The van der Waals surface area contributed by atoms with Crippen molar-refractivity contribution in [3.63, 3.8) is 0 Å². The molecule has 0 amide bonds. The van der Waals surface area contributed by atoms with Gasteiger partial charge in [0.15, 0.2) is 0 Å². The van der Waals surface area contributed by atoms with E-state index < -0.39 is 0 Å². The second-order valence-electron chi connectivity index (χ2n) is 5.49. The molecule has 1 fully saturated rings. The first-order chi connectivity index (χ1) is 9.18. The molecule has 1 aliphatic heterocycles. The van der Waals surface area contributed by atoms with Crippen LogP contribution in [-0.4, -0.2) is 42.6 Å². The molecule has 4 nitrogen and oxygen atoms in total. The zero-order chi connectivity index (χ0) is 13.4. The van der Waals surface area contributed by atoms with E-state index in [0.717, 1.165) is 19.6 Å². The average Bonchev–Trinajstić information content (AvgIpc) is 2.74. The number of aromatic nitrogens is 1. The van der Waals surface area contributed by atoms with Crippen molar-refractivity contribution in [2.24, 2.45) is 5.73 Å². The number of likely N-dealkylation sites (N-methyl/N-ethyl adjacent to an activating group) is 1. The number of nitrogens with two attached hydrogens (primary N) is 1. The molecule has 19 heavy (non-hydrogen) atoms. The van der Waals surface area contributed by atoms with Gasteiger partial charge >= 0.3 is 0 Å². The summed E-state index contributed by atoms with van der Waals surface area (Å²) in [5, 5.41) is 4.70. The number of aryl methyl sites for hydroxylation is 1. The van der Waals surface area contributed by atoms with Crippen molar-refractivity contribution < 1.29 is 0 Å². The molecule has 3 rings (SSSR count). The van der Waals surface area contributed by atoms with Gasteiger partial charge in [0.1, 0.15) is 0 Å². The molecule has 4 N–H and O–H groups in total. The Morgan fingerprint density at radius 1 is 1.37 bits per heavy atom. The van der Waals surface area contributed by atoms with Gasteiger partial charge in [0.25, 0.3) is 0 Å². The van der Waals surface area contributed by atoms with Gasteiger partial charge in [-0.2, -0.15) is 0 Å². The van der Waals surface area contributed by atoms with Crippen molar-refractivity contribution in [3.05, 3.63) is 35.5 Å². The molecule has 102 valence electrons. The van der Waals surface area contributed by atoms with Crippen molar-refractivity contribution in [1.29, 1.82) is 0 Å². The molecule has 2 aromatic rings. The lowest BCUT2D eigenvalue weighted by atomic mass is 9.95. The monoisotopic (exact) mass is 258 g/mol. The van der Waals surface area contributed by atoms with Crippen LogP contribution in [0.15, 0.2) is 24.3 Å². The summed E-state index contributed by atoms with van der Waals surface area (Å²) in [4.78, 5) is 5.81. The van der Waals surface area contributed by atoms with Gasteiger partial charge in [0.2, 0.25) is 0 Å². The summed E-state index contributed by atoms with van der Waals surface area (Å²) in [6, 6.07) is 8.79. The molecular formula is C15H22N4. The fourth-order valence-electron chi connectivity index (χ4n) is 3.15. The van der Waals surface area contributed by atoms with Crippen LogP contribution in [0.5, 0.6) is 0 Å². The lowest BCUT2D eigenvalue weighted by Gasteiger charge is -2.37. The third-order valence-electron chi connectivity index (χ3n) is 4.25. The topological polar surface area (TPSA) is 57.1 Å². The summed E-state index contributed by atoms with van der Waals surface area (Å²) in [5.41, 5.74) is 10.2. The zero-order valence-corrected chi connectivity index (χ0v) is 11.6. The third-order valence-corrected chi connectivity index (χ3v) is 4.25. The predicted molar refractivity (Wildman–Crippen MR) is 79.3 cm³/mol. The highest BCUT2D eigenvalue weighted by molar-refractivity contribution is 5.85. The highest BCUT2D eigenvalue weighted by Gasteiger charge is 2.28. The Labute approximate surface area is 114 Å². The smallest absolute Gasteiger partial charge is 0.0489 e. The van der Waals surface area contributed by atoms with Crippen LogP contribution in [0, 0.1) is 6.92 Å². The van der Waals surface area contributed by atoms with Crippen LogP contribution in [0.2, 0.25) is 0 Å². The molecule has 1 aromatic carbocycles. The third kappa shape index (κ3) is 2.16. The molecule has 0 saturated carbocycles. The maximum atomic E-state index is 6.57. The first-order valence-electron chi connectivity index (χ1n) is 6.92. The normalized spacial score (nSPS) is 22.8. The molecule has 1 aliphatic rings. The SMILES string of the molecule is Cc1[nH]c2ccccc2c1C(N)C1CNCCN1C. The van der Waals surface area contributed by atoms with E-state index in [1.54, 1.807) is 0 Å². The highest BCUT2D eigenvalue weighted by Crippen LogP contribution is 2.29.